The fourth-order valence-corrected chi connectivity index (χ4v) is 5.00. The standard InChI is InChI=1S/C20H27NO5S2/c1-3-4-13-27-14-7-12-21-20(22)18-11-10-16(26-18)15-28(23,24)19-9-6-5-8-17(19)25-2/h5-6,8-11H,3-4,7,12-15H2,1-2H3,(H,21,22). The Labute approximate surface area is 171 Å². The Morgan fingerprint density at radius 1 is 1.14 bits per heavy atom. The number of thioether (sulfide) groups is 1. The van der Waals surface area contributed by atoms with Gasteiger partial charge in [0, 0.05) is 6.54 Å². The number of furan rings is 1. The highest BCUT2D eigenvalue weighted by molar-refractivity contribution is 7.99. The molecule has 154 valence electrons. The van der Waals surface area contributed by atoms with Gasteiger partial charge in [0.25, 0.3) is 5.91 Å². The number of ether oxygens (including phenoxy) is 1. The van der Waals surface area contributed by atoms with Gasteiger partial charge in [-0.1, -0.05) is 25.5 Å². The zero-order valence-electron chi connectivity index (χ0n) is 16.3. The summed E-state index contributed by atoms with van der Waals surface area (Å²) in [6.45, 7) is 2.73. The average Bonchev–Trinajstić information content (AvgIpc) is 3.15. The van der Waals surface area contributed by atoms with E-state index in [4.69, 9.17) is 9.15 Å². The normalized spacial score (nSPS) is 11.4. The first-order chi connectivity index (χ1) is 13.5. The second kappa shape index (κ2) is 11.2. The van der Waals surface area contributed by atoms with Crippen LogP contribution in [0.15, 0.2) is 45.7 Å². The van der Waals surface area contributed by atoms with E-state index in [2.05, 4.69) is 12.2 Å². The van der Waals surface area contributed by atoms with Crippen molar-refractivity contribution in [1.82, 2.24) is 5.32 Å². The molecule has 0 spiro atoms. The molecule has 28 heavy (non-hydrogen) atoms. The Bertz CT molecular complexity index is 861. The number of rotatable bonds is 12. The smallest absolute Gasteiger partial charge is 0.286 e. The van der Waals surface area contributed by atoms with Crippen molar-refractivity contribution in [3.63, 3.8) is 0 Å². The van der Waals surface area contributed by atoms with E-state index >= 15 is 0 Å². The van der Waals surface area contributed by atoms with E-state index in [-0.39, 0.29) is 33.8 Å². The lowest BCUT2D eigenvalue weighted by Crippen LogP contribution is -2.24. The van der Waals surface area contributed by atoms with Crippen LogP contribution in [0.3, 0.4) is 0 Å². The van der Waals surface area contributed by atoms with Crippen molar-refractivity contribution in [2.45, 2.75) is 36.8 Å². The maximum Gasteiger partial charge on any atom is 0.286 e. The summed E-state index contributed by atoms with van der Waals surface area (Å²) >= 11 is 1.88. The Hall–Kier alpha value is -1.93. The zero-order chi connectivity index (χ0) is 20.4. The van der Waals surface area contributed by atoms with Gasteiger partial charge < -0.3 is 14.5 Å². The Morgan fingerprint density at radius 3 is 2.64 bits per heavy atom. The molecule has 0 unspecified atom stereocenters. The third-order valence-corrected chi connectivity index (χ3v) is 6.84. The van der Waals surface area contributed by atoms with Crippen molar-refractivity contribution in [2.24, 2.45) is 0 Å². The fourth-order valence-electron chi connectivity index (χ4n) is 2.53. The molecule has 0 bridgehead atoms. The molecule has 0 atom stereocenters. The third-order valence-electron chi connectivity index (χ3n) is 4.02. The Balaban J connectivity index is 1.88. The number of hydrogen-bond acceptors (Lipinski definition) is 6. The van der Waals surface area contributed by atoms with Gasteiger partial charge in [0.15, 0.2) is 15.6 Å². The fraction of sp³-hybridized carbons (Fsp3) is 0.450. The molecule has 1 amide bonds. The first kappa shape index (κ1) is 22.4. The van der Waals surface area contributed by atoms with Crippen molar-refractivity contribution >= 4 is 27.5 Å². The summed E-state index contributed by atoms with van der Waals surface area (Å²) in [5.74, 6) is 2.08. The molecular weight excluding hydrogens is 398 g/mol. The summed E-state index contributed by atoms with van der Waals surface area (Å²) in [6.07, 6.45) is 3.29. The summed E-state index contributed by atoms with van der Waals surface area (Å²) < 4.78 is 35.8. The molecule has 0 saturated heterocycles. The quantitative estimate of drug-likeness (QED) is 0.519. The second-order valence-corrected chi connectivity index (χ2v) is 9.43. The Kier molecular flexibility index (Phi) is 8.92. The summed E-state index contributed by atoms with van der Waals surface area (Å²) in [5.41, 5.74) is 0. The van der Waals surface area contributed by atoms with E-state index in [0.717, 1.165) is 17.9 Å². The van der Waals surface area contributed by atoms with Crippen LogP contribution < -0.4 is 10.1 Å². The highest BCUT2D eigenvalue weighted by atomic mass is 32.2. The maximum absolute atomic E-state index is 12.6. The van der Waals surface area contributed by atoms with Crippen molar-refractivity contribution in [3.8, 4) is 5.75 Å². The predicted molar refractivity (Wildman–Crippen MR) is 112 cm³/mol. The minimum Gasteiger partial charge on any atom is -0.495 e. The lowest BCUT2D eigenvalue weighted by molar-refractivity contribution is 0.0924. The lowest BCUT2D eigenvalue weighted by Gasteiger charge is -2.08. The highest BCUT2D eigenvalue weighted by Gasteiger charge is 2.22. The van der Waals surface area contributed by atoms with Crippen LogP contribution in [0.5, 0.6) is 5.75 Å². The van der Waals surface area contributed by atoms with Crippen molar-refractivity contribution in [3.05, 3.63) is 47.9 Å². The van der Waals surface area contributed by atoms with Gasteiger partial charge in [-0.25, -0.2) is 8.42 Å². The van der Waals surface area contributed by atoms with Crippen molar-refractivity contribution < 1.29 is 22.4 Å². The number of para-hydroxylation sites is 1. The molecule has 6 nitrogen and oxygen atoms in total. The number of hydrogen-bond donors (Lipinski definition) is 1. The van der Waals surface area contributed by atoms with Crippen LogP contribution in [0.4, 0.5) is 0 Å². The van der Waals surface area contributed by atoms with Crippen LogP contribution in [-0.4, -0.2) is 39.5 Å². The number of carbonyl (C=O) groups excluding carboxylic acids is 1. The number of methoxy groups -OCH3 is 1. The van der Waals surface area contributed by atoms with Crippen LogP contribution in [-0.2, 0) is 15.6 Å². The molecular formula is C20H27NO5S2. The van der Waals surface area contributed by atoms with E-state index in [0.29, 0.717) is 6.54 Å². The number of amides is 1. The van der Waals surface area contributed by atoms with Crippen molar-refractivity contribution in [2.75, 3.05) is 25.2 Å². The van der Waals surface area contributed by atoms with E-state index in [1.165, 1.54) is 38.2 Å². The number of carbonyl (C=O) groups is 1. The van der Waals surface area contributed by atoms with Crippen LogP contribution in [0.25, 0.3) is 0 Å². The van der Waals surface area contributed by atoms with Gasteiger partial charge in [-0.15, -0.1) is 0 Å². The molecule has 1 aromatic carbocycles. The molecule has 1 N–H and O–H groups in total. The molecule has 0 radical (unpaired) electrons. The van der Waals surface area contributed by atoms with Gasteiger partial charge >= 0.3 is 0 Å². The summed E-state index contributed by atoms with van der Waals surface area (Å²) in [4.78, 5) is 12.2. The van der Waals surface area contributed by atoms with Crippen LogP contribution in [0.2, 0.25) is 0 Å². The Morgan fingerprint density at radius 2 is 1.89 bits per heavy atom. The van der Waals surface area contributed by atoms with E-state index in [9.17, 15) is 13.2 Å². The summed E-state index contributed by atoms with van der Waals surface area (Å²) in [5, 5.41) is 2.80. The number of nitrogens with one attached hydrogen (secondary N) is 1. The van der Waals surface area contributed by atoms with E-state index in [1.54, 1.807) is 18.2 Å². The van der Waals surface area contributed by atoms with E-state index in [1.807, 2.05) is 11.8 Å². The van der Waals surface area contributed by atoms with Gasteiger partial charge in [-0.3, -0.25) is 4.79 Å². The van der Waals surface area contributed by atoms with Crippen molar-refractivity contribution in [1.29, 1.82) is 0 Å². The van der Waals surface area contributed by atoms with Gasteiger partial charge in [0.05, 0.1) is 7.11 Å². The molecule has 2 aromatic rings. The summed E-state index contributed by atoms with van der Waals surface area (Å²) in [7, 11) is -2.23. The van der Waals surface area contributed by atoms with Gasteiger partial charge in [-0.05, 0) is 48.6 Å². The second-order valence-electron chi connectivity index (χ2n) is 6.25. The van der Waals surface area contributed by atoms with Crippen LogP contribution in [0, 0.1) is 0 Å². The highest BCUT2D eigenvalue weighted by Crippen LogP contribution is 2.26. The molecule has 8 heteroatoms. The van der Waals surface area contributed by atoms with Crippen LogP contribution in [0.1, 0.15) is 42.5 Å². The molecule has 1 heterocycles. The average molecular weight is 426 g/mol. The largest absolute Gasteiger partial charge is 0.495 e. The molecule has 2 rings (SSSR count). The minimum absolute atomic E-state index is 0.0977. The van der Waals surface area contributed by atoms with Crippen LogP contribution >= 0.6 is 11.8 Å². The van der Waals surface area contributed by atoms with Gasteiger partial charge in [0.1, 0.15) is 22.2 Å². The lowest BCUT2D eigenvalue weighted by atomic mass is 10.3. The first-order valence-corrected chi connectivity index (χ1v) is 12.1. The third kappa shape index (κ3) is 6.60. The number of sulfone groups is 1. The zero-order valence-corrected chi connectivity index (χ0v) is 17.9. The van der Waals surface area contributed by atoms with Gasteiger partial charge in [0.2, 0.25) is 0 Å². The first-order valence-electron chi connectivity index (χ1n) is 9.28. The minimum atomic E-state index is -3.65. The topological polar surface area (TPSA) is 85.6 Å². The molecule has 0 saturated carbocycles. The van der Waals surface area contributed by atoms with E-state index < -0.39 is 9.84 Å². The molecule has 0 aliphatic heterocycles. The molecule has 0 aliphatic carbocycles. The number of unbranched alkanes of at least 4 members (excludes halogenated alkanes) is 1. The predicted octanol–water partition coefficient (Wildman–Crippen LogP) is 3.92. The summed E-state index contributed by atoms with van der Waals surface area (Å²) in [6, 6.07) is 9.44. The maximum atomic E-state index is 12.6. The number of benzene rings is 1. The molecule has 0 aliphatic rings. The van der Waals surface area contributed by atoms with Gasteiger partial charge in [-0.2, -0.15) is 11.8 Å². The molecule has 1 aromatic heterocycles. The SMILES string of the molecule is CCCCSCCCNC(=O)c1ccc(CS(=O)(=O)c2ccccc2OC)o1. The monoisotopic (exact) mass is 425 g/mol. The molecule has 0 fully saturated rings.